The highest BCUT2D eigenvalue weighted by Crippen LogP contribution is 2.35. The Balaban J connectivity index is 2.34. The Morgan fingerprint density at radius 3 is 2.80 bits per heavy atom. The van der Waals surface area contributed by atoms with Gasteiger partial charge in [0.25, 0.3) is 0 Å². The van der Waals surface area contributed by atoms with Crippen LogP contribution in [0.2, 0.25) is 0 Å². The summed E-state index contributed by atoms with van der Waals surface area (Å²) in [5, 5.41) is 1.35. The molecule has 136 valence electrons. The Kier molecular flexibility index (Phi) is 6.60. The SMILES string of the molecule is C=C(Cl)C1=CC(c2nc(C)c(C(=O)OCC)s2)=CCC1N(C)C(C)C. The van der Waals surface area contributed by atoms with Crippen LogP contribution in [0.25, 0.3) is 5.57 Å². The van der Waals surface area contributed by atoms with Crippen LogP contribution in [0, 0.1) is 6.92 Å². The van der Waals surface area contributed by atoms with Crippen molar-refractivity contribution in [3.63, 3.8) is 0 Å². The minimum absolute atomic E-state index is 0.194. The van der Waals surface area contributed by atoms with Gasteiger partial charge in [-0.2, -0.15) is 0 Å². The quantitative estimate of drug-likeness (QED) is 0.664. The predicted molar refractivity (Wildman–Crippen MR) is 105 cm³/mol. The molecule has 0 aliphatic heterocycles. The number of esters is 1. The largest absolute Gasteiger partial charge is 0.462 e. The molecule has 0 amide bonds. The van der Waals surface area contributed by atoms with E-state index < -0.39 is 0 Å². The van der Waals surface area contributed by atoms with Crippen molar-refractivity contribution in [2.75, 3.05) is 13.7 Å². The van der Waals surface area contributed by atoms with E-state index in [9.17, 15) is 4.79 Å². The summed E-state index contributed by atoms with van der Waals surface area (Å²) in [6.45, 7) is 12.2. The third kappa shape index (κ3) is 4.40. The summed E-state index contributed by atoms with van der Waals surface area (Å²) in [6, 6.07) is 0.594. The zero-order valence-corrected chi connectivity index (χ0v) is 17.0. The van der Waals surface area contributed by atoms with Crippen molar-refractivity contribution in [3.8, 4) is 0 Å². The molecule has 2 rings (SSSR count). The van der Waals surface area contributed by atoms with Gasteiger partial charge in [-0.05, 0) is 52.8 Å². The smallest absolute Gasteiger partial charge is 0.350 e. The Morgan fingerprint density at radius 2 is 2.24 bits per heavy atom. The summed E-state index contributed by atoms with van der Waals surface area (Å²) < 4.78 is 5.10. The molecule has 4 nitrogen and oxygen atoms in total. The fourth-order valence-electron chi connectivity index (χ4n) is 2.75. The molecule has 0 aromatic carbocycles. The highest BCUT2D eigenvalue weighted by molar-refractivity contribution is 7.14. The molecule has 0 saturated heterocycles. The van der Waals surface area contributed by atoms with Crippen molar-refractivity contribution in [1.29, 1.82) is 0 Å². The molecule has 1 aromatic heterocycles. The molecule has 1 heterocycles. The number of halogens is 1. The van der Waals surface area contributed by atoms with Gasteiger partial charge >= 0.3 is 5.97 Å². The molecule has 0 spiro atoms. The van der Waals surface area contributed by atoms with Crippen molar-refractivity contribution < 1.29 is 9.53 Å². The van der Waals surface area contributed by atoms with Gasteiger partial charge in [0.05, 0.1) is 12.3 Å². The molecule has 0 radical (unpaired) electrons. The average Bonchev–Trinajstić information content (AvgIpc) is 2.95. The maximum atomic E-state index is 12.0. The van der Waals surface area contributed by atoms with Gasteiger partial charge in [-0.3, -0.25) is 4.90 Å². The Hall–Kier alpha value is -1.43. The second kappa shape index (κ2) is 8.30. The van der Waals surface area contributed by atoms with Gasteiger partial charge in [0.2, 0.25) is 0 Å². The average molecular weight is 381 g/mol. The lowest BCUT2D eigenvalue weighted by molar-refractivity contribution is 0.0531. The summed E-state index contributed by atoms with van der Waals surface area (Å²) in [7, 11) is 2.09. The Bertz CT molecular complexity index is 734. The van der Waals surface area contributed by atoms with Crippen LogP contribution in [-0.4, -0.2) is 41.6 Å². The number of carbonyl (C=O) groups is 1. The van der Waals surface area contributed by atoms with Gasteiger partial charge in [0.15, 0.2) is 0 Å². The van der Waals surface area contributed by atoms with Crippen molar-refractivity contribution >= 4 is 34.5 Å². The molecule has 0 saturated carbocycles. The minimum atomic E-state index is -0.316. The normalized spacial score (nSPS) is 17.5. The monoisotopic (exact) mass is 380 g/mol. The number of rotatable bonds is 6. The third-order valence-corrected chi connectivity index (χ3v) is 5.76. The molecule has 1 aliphatic rings. The van der Waals surface area contributed by atoms with Gasteiger partial charge in [-0.15, -0.1) is 11.3 Å². The molecular weight excluding hydrogens is 356 g/mol. The predicted octanol–water partition coefficient (Wildman–Crippen LogP) is 4.80. The van der Waals surface area contributed by atoms with E-state index in [-0.39, 0.29) is 12.0 Å². The first kappa shape index (κ1) is 19.9. The van der Waals surface area contributed by atoms with E-state index in [0.717, 1.165) is 22.6 Å². The highest BCUT2D eigenvalue weighted by Gasteiger charge is 2.27. The number of hydrogen-bond donors (Lipinski definition) is 0. The van der Waals surface area contributed by atoms with Crippen molar-refractivity contribution in [3.05, 3.63) is 44.9 Å². The van der Waals surface area contributed by atoms with Crippen molar-refractivity contribution in [2.45, 2.75) is 46.2 Å². The van der Waals surface area contributed by atoms with Crippen LogP contribution in [-0.2, 0) is 4.74 Å². The molecular formula is C19H25ClN2O2S. The number of likely N-dealkylation sites (N-methyl/N-ethyl adjacent to an activating group) is 1. The second-order valence-corrected chi connectivity index (χ2v) is 7.78. The molecule has 1 aromatic rings. The molecule has 0 fully saturated rings. The van der Waals surface area contributed by atoms with Gasteiger partial charge in [-0.25, -0.2) is 9.78 Å². The number of nitrogens with zero attached hydrogens (tertiary/aromatic N) is 2. The topological polar surface area (TPSA) is 42.4 Å². The number of ether oxygens (including phenoxy) is 1. The standard InChI is InChI=1S/C19H25ClN2O2S/c1-7-24-19(23)17-13(5)21-18(25-17)14-8-9-16(22(6)11(2)3)15(10-14)12(4)20/h8,10-11,16H,4,7,9H2,1-3,5-6H3. The summed E-state index contributed by atoms with van der Waals surface area (Å²) in [6.07, 6.45) is 5.02. The zero-order valence-electron chi connectivity index (χ0n) is 15.4. The van der Waals surface area contributed by atoms with Gasteiger partial charge in [0, 0.05) is 22.7 Å². The van der Waals surface area contributed by atoms with Gasteiger partial charge in [0.1, 0.15) is 9.88 Å². The van der Waals surface area contributed by atoms with E-state index in [1.165, 1.54) is 11.3 Å². The van der Waals surface area contributed by atoms with E-state index in [1.54, 1.807) is 6.92 Å². The molecule has 1 atom stereocenters. The molecule has 0 bridgehead atoms. The van der Waals surface area contributed by atoms with Gasteiger partial charge < -0.3 is 4.74 Å². The summed E-state index contributed by atoms with van der Waals surface area (Å²) >= 11 is 7.63. The molecule has 6 heteroatoms. The van der Waals surface area contributed by atoms with Crippen LogP contribution in [0.5, 0.6) is 0 Å². The number of thiazole rings is 1. The maximum Gasteiger partial charge on any atom is 0.350 e. The highest BCUT2D eigenvalue weighted by atomic mass is 35.5. The third-order valence-electron chi connectivity index (χ3n) is 4.35. The first-order valence-electron chi connectivity index (χ1n) is 8.39. The van der Waals surface area contributed by atoms with E-state index in [4.69, 9.17) is 16.3 Å². The molecule has 0 N–H and O–H groups in total. The van der Waals surface area contributed by atoms with Crippen LogP contribution >= 0.6 is 22.9 Å². The number of carbonyl (C=O) groups excluding carboxylic acids is 1. The second-order valence-electron chi connectivity index (χ2n) is 6.33. The van der Waals surface area contributed by atoms with Crippen molar-refractivity contribution in [1.82, 2.24) is 9.88 Å². The fourth-order valence-corrected chi connectivity index (χ4v) is 3.90. The number of aromatic nitrogens is 1. The molecule has 1 unspecified atom stereocenters. The lowest BCUT2D eigenvalue weighted by Crippen LogP contribution is -2.39. The number of allylic oxidation sites excluding steroid dienone is 2. The zero-order chi connectivity index (χ0) is 18.7. The number of hydrogen-bond acceptors (Lipinski definition) is 5. The summed E-state index contributed by atoms with van der Waals surface area (Å²) in [4.78, 5) is 19.4. The Labute approximate surface area is 158 Å². The van der Waals surface area contributed by atoms with E-state index in [2.05, 4.69) is 43.4 Å². The van der Waals surface area contributed by atoms with E-state index >= 15 is 0 Å². The molecule has 1 aliphatic carbocycles. The van der Waals surface area contributed by atoms with Crippen LogP contribution < -0.4 is 0 Å². The van der Waals surface area contributed by atoms with Gasteiger partial charge in [-0.1, -0.05) is 24.3 Å². The van der Waals surface area contributed by atoms with Crippen LogP contribution in [0.1, 0.15) is 47.6 Å². The van der Waals surface area contributed by atoms with Crippen LogP contribution in [0.3, 0.4) is 0 Å². The van der Waals surface area contributed by atoms with Crippen molar-refractivity contribution in [2.24, 2.45) is 0 Å². The van der Waals surface area contributed by atoms with E-state index in [0.29, 0.717) is 28.3 Å². The number of aryl methyl sites for hydroxylation is 1. The molecule has 25 heavy (non-hydrogen) atoms. The summed E-state index contributed by atoms with van der Waals surface area (Å²) in [5.74, 6) is -0.316. The fraction of sp³-hybridized carbons (Fsp3) is 0.474. The van der Waals surface area contributed by atoms with E-state index in [1.807, 2.05) is 13.0 Å². The Morgan fingerprint density at radius 1 is 1.56 bits per heavy atom. The maximum absolute atomic E-state index is 12.0. The lowest BCUT2D eigenvalue weighted by atomic mass is 9.92. The minimum Gasteiger partial charge on any atom is -0.462 e. The summed E-state index contributed by atoms with van der Waals surface area (Å²) in [5.41, 5.74) is 2.68. The lowest BCUT2D eigenvalue weighted by Gasteiger charge is -2.34. The first-order valence-corrected chi connectivity index (χ1v) is 9.59. The van der Waals surface area contributed by atoms with Crippen LogP contribution in [0.15, 0.2) is 29.3 Å². The first-order chi connectivity index (χ1) is 11.8. The van der Waals surface area contributed by atoms with Crippen LogP contribution in [0.4, 0.5) is 0 Å².